The van der Waals surface area contributed by atoms with Crippen molar-refractivity contribution in [3.05, 3.63) is 59.2 Å². The van der Waals surface area contributed by atoms with Crippen LogP contribution in [0.2, 0.25) is 0 Å². The number of hydrogen-bond donors (Lipinski definition) is 1. The average Bonchev–Trinajstić information content (AvgIpc) is 2.41. The molecule has 0 aliphatic heterocycles. The Balaban J connectivity index is 2.02. The monoisotopic (exact) mass is 252 g/mol. The van der Waals surface area contributed by atoms with Gasteiger partial charge >= 0.3 is 0 Å². The quantitative estimate of drug-likeness (QED) is 0.851. The number of para-hydroxylation sites is 1. The first-order valence-corrected chi connectivity index (χ1v) is 6.17. The van der Waals surface area contributed by atoms with Crippen LogP contribution < -0.4 is 10.5 Å². The van der Waals surface area contributed by atoms with Gasteiger partial charge in [0.15, 0.2) is 0 Å². The lowest BCUT2D eigenvalue weighted by Gasteiger charge is -2.09. The number of nitrogen functional groups attached to an aromatic ring is 1. The van der Waals surface area contributed by atoms with Gasteiger partial charge in [0.05, 0.1) is 12.2 Å². The third kappa shape index (κ3) is 3.26. The highest BCUT2D eigenvalue weighted by atomic mass is 16.5. The van der Waals surface area contributed by atoms with Crippen molar-refractivity contribution in [2.24, 2.45) is 0 Å². The molecular formula is C16H16N2O. The predicted molar refractivity (Wildman–Crippen MR) is 75.9 cm³/mol. The number of nitrogens with two attached hydrogens (primary N) is 1. The third-order valence-corrected chi connectivity index (χ3v) is 2.94. The second-order valence-electron chi connectivity index (χ2n) is 4.41. The zero-order valence-electron chi connectivity index (χ0n) is 10.9. The molecule has 0 saturated carbocycles. The van der Waals surface area contributed by atoms with Crippen molar-refractivity contribution in [3.63, 3.8) is 0 Å². The summed E-state index contributed by atoms with van der Waals surface area (Å²) in [6.07, 6.45) is 0.728. The Labute approximate surface area is 113 Å². The topological polar surface area (TPSA) is 59.0 Å². The second kappa shape index (κ2) is 5.92. The van der Waals surface area contributed by atoms with Gasteiger partial charge in [0.25, 0.3) is 0 Å². The third-order valence-electron chi connectivity index (χ3n) is 2.94. The van der Waals surface area contributed by atoms with E-state index in [1.54, 1.807) is 6.07 Å². The molecule has 2 aromatic rings. The minimum absolute atomic E-state index is 0.506. The second-order valence-corrected chi connectivity index (χ2v) is 4.41. The number of benzene rings is 2. The predicted octanol–water partition coefficient (Wildman–Crippen LogP) is 3.07. The Morgan fingerprint density at radius 3 is 2.74 bits per heavy atom. The molecule has 0 spiro atoms. The summed E-state index contributed by atoms with van der Waals surface area (Å²) in [5.74, 6) is 0.636. The summed E-state index contributed by atoms with van der Waals surface area (Å²) in [4.78, 5) is 0. The molecule has 0 aliphatic rings. The van der Waals surface area contributed by atoms with Crippen molar-refractivity contribution in [2.75, 3.05) is 12.3 Å². The Kier molecular flexibility index (Phi) is 4.04. The highest BCUT2D eigenvalue weighted by Crippen LogP contribution is 2.20. The van der Waals surface area contributed by atoms with Crippen LogP contribution in [-0.2, 0) is 6.42 Å². The summed E-state index contributed by atoms with van der Waals surface area (Å²) < 4.78 is 5.69. The number of aryl methyl sites for hydroxylation is 1. The molecule has 3 heteroatoms. The number of rotatable bonds is 4. The molecule has 2 aromatic carbocycles. The Morgan fingerprint density at radius 1 is 1.21 bits per heavy atom. The van der Waals surface area contributed by atoms with Gasteiger partial charge in [0.1, 0.15) is 11.8 Å². The molecule has 3 nitrogen and oxygen atoms in total. The van der Waals surface area contributed by atoms with E-state index in [-0.39, 0.29) is 0 Å². The van der Waals surface area contributed by atoms with Crippen LogP contribution in [0.1, 0.15) is 16.7 Å². The molecule has 0 unspecified atom stereocenters. The molecule has 2 rings (SSSR count). The number of nitriles is 1. The smallest absolute Gasteiger partial charge is 0.137 e. The summed E-state index contributed by atoms with van der Waals surface area (Å²) >= 11 is 0. The summed E-state index contributed by atoms with van der Waals surface area (Å²) in [6.45, 7) is 2.48. The first-order chi connectivity index (χ1) is 9.20. The molecule has 2 N–H and O–H groups in total. The summed E-state index contributed by atoms with van der Waals surface area (Å²) in [5.41, 5.74) is 9.35. The van der Waals surface area contributed by atoms with E-state index in [1.807, 2.05) is 43.3 Å². The van der Waals surface area contributed by atoms with Crippen molar-refractivity contribution < 1.29 is 4.74 Å². The van der Waals surface area contributed by atoms with Gasteiger partial charge < -0.3 is 10.5 Å². The largest absolute Gasteiger partial charge is 0.492 e. The molecule has 0 aromatic heterocycles. The van der Waals surface area contributed by atoms with E-state index in [0.717, 1.165) is 23.2 Å². The molecule has 0 saturated heterocycles. The SMILES string of the molecule is Cc1ccc(C#N)c(OCCc2ccccc2N)c1. The molecule has 0 atom stereocenters. The summed E-state index contributed by atoms with van der Waals surface area (Å²) in [5, 5.41) is 9.02. The van der Waals surface area contributed by atoms with Crippen LogP contribution in [0.5, 0.6) is 5.75 Å². The van der Waals surface area contributed by atoms with Gasteiger partial charge in [-0.05, 0) is 36.2 Å². The van der Waals surface area contributed by atoms with Gasteiger partial charge in [-0.3, -0.25) is 0 Å². The van der Waals surface area contributed by atoms with Crippen LogP contribution in [0.3, 0.4) is 0 Å². The van der Waals surface area contributed by atoms with E-state index < -0.39 is 0 Å². The first kappa shape index (κ1) is 13.0. The van der Waals surface area contributed by atoms with Crippen molar-refractivity contribution in [3.8, 4) is 11.8 Å². The molecular weight excluding hydrogens is 236 g/mol. The normalized spacial score (nSPS) is 9.89. The van der Waals surface area contributed by atoms with Crippen molar-refractivity contribution >= 4 is 5.69 Å². The Bertz CT molecular complexity index is 614. The van der Waals surface area contributed by atoms with Crippen LogP contribution in [0.15, 0.2) is 42.5 Å². The van der Waals surface area contributed by atoms with Gasteiger partial charge in [0, 0.05) is 12.1 Å². The maximum Gasteiger partial charge on any atom is 0.137 e. The van der Waals surface area contributed by atoms with E-state index in [1.165, 1.54) is 0 Å². The molecule has 19 heavy (non-hydrogen) atoms. The standard InChI is InChI=1S/C16H16N2O/c1-12-6-7-14(11-17)16(10-12)19-9-8-13-4-2-3-5-15(13)18/h2-7,10H,8-9,18H2,1H3. The van der Waals surface area contributed by atoms with E-state index in [9.17, 15) is 0 Å². The lowest BCUT2D eigenvalue weighted by Crippen LogP contribution is -2.04. The summed E-state index contributed by atoms with van der Waals surface area (Å²) in [6, 6.07) is 15.4. The van der Waals surface area contributed by atoms with Gasteiger partial charge in [0.2, 0.25) is 0 Å². The van der Waals surface area contributed by atoms with Crippen molar-refractivity contribution in [1.82, 2.24) is 0 Å². The maximum absolute atomic E-state index is 9.02. The maximum atomic E-state index is 9.02. The van der Waals surface area contributed by atoms with E-state index >= 15 is 0 Å². The number of nitrogens with zero attached hydrogens (tertiary/aromatic N) is 1. The lowest BCUT2D eigenvalue weighted by atomic mass is 10.1. The highest BCUT2D eigenvalue weighted by molar-refractivity contribution is 5.47. The highest BCUT2D eigenvalue weighted by Gasteiger charge is 2.04. The Hall–Kier alpha value is -2.47. The first-order valence-electron chi connectivity index (χ1n) is 6.17. The van der Waals surface area contributed by atoms with Crippen LogP contribution in [0.25, 0.3) is 0 Å². The van der Waals surface area contributed by atoms with Crippen LogP contribution >= 0.6 is 0 Å². The fourth-order valence-electron chi connectivity index (χ4n) is 1.87. The number of hydrogen-bond acceptors (Lipinski definition) is 3. The fourth-order valence-corrected chi connectivity index (χ4v) is 1.87. The lowest BCUT2D eigenvalue weighted by molar-refractivity contribution is 0.321. The minimum Gasteiger partial charge on any atom is -0.492 e. The van der Waals surface area contributed by atoms with Gasteiger partial charge in [-0.1, -0.05) is 24.3 Å². The van der Waals surface area contributed by atoms with Crippen LogP contribution in [0.4, 0.5) is 5.69 Å². The van der Waals surface area contributed by atoms with E-state index in [0.29, 0.717) is 17.9 Å². The Morgan fingerprint density at radius 2 is 2.00 bits per heavy atom. The molecule has 0 aliphatic carbocycles. The fraction of sp³-hybridized carbons (Fsp3) is 0.188. The molecule has 0 fully saturated rings. The molecule has 0 bridgehead atoms. The minimum atomic E-state index is 0.506. The zero-order chi connectivity index (χ0) is 13.7. The molecule has 0 amide bonds. The van der Waals surface area contributed by atoms with Crippen LogP contribution in [-0.4, -0.2) is 6.61 Å². The van der Waals surface area contributed by atoms with Gasteiger partial charge in [-0.25, -0.2) is 0 Å². The molecule has 0 radical (unpaired) electrons. The number of anilines is 1. The summed E-state index contributed by atoms with van der Waals surface area (Å²) in [7, 11) is 0. The van der Waals surface area contributed by atoms with Crippen molar-refractivity contribution in [2.45, 2.75) is 13.3 Å². The zero-order valence-corrected chi connectivity index (χ0v) is 10.9. The van der Waals surface area contributed by atoms with Gasteiger partial charge in [-0.15, -0.1) is 0 Å². The van der Waals surface area contributed by atoms with E-state index in [4.69, 9.17) is 15.7 Å². The van der Waals surface area contributed by atoms with Gasteiger partial charge in [-0.2, -0.15) is 5.26 Å². The van der Waals surface area contributed by atoms with E-state index in [2.05, 4.69) is 6.07 Å². The average molecular weight is 252 g/mol. The van der Waals surface area contributed by atoms with Crippen LogP contribution in [0, 0.1) is 18.3 Å². The molecule has 96 valence electrons. The number of ether oxygens (including phenoxy) is 1. The van der Waals surface area contributed by atoms with Crippen molar-refractivity contribution in [1.29, 1.82) is 5.26 Å². The molecule has 0 heterocycles.